The molecule has 0 spiro atoms. The average molecular weight is 441 g/mol. The molecule has 0 aliphatic carbocycles. The average Bonchev–Trinajstić information content (AvgIpc) is 3.26. The lowest BCUT2D eigenvalue weighted by molar-refractivity contribution is -0.122. The fraction of sp³-hybridized carbons (Fsp3) is 0.154. The van der Waals surface area contributed by atoms with Gasteiger partial charge < -0.3 is 23.9 Å². The van der Waals surface area contributed by atoms with Crippen LogP contribution < -0.4 is 25.2 Å². The van der Waals surface area contributed by atoms with Crippen molar-refractivity contribution in [2.45, 2.75) is 12.0 Å². The van der Waals surface area contributed by atoms with Crippen molar-refractivity contribution in [2.75, 3.05) is 18.5 Å². The molecule has 2 aliphatic heterocycles. The second-order valence-electron chi connectivity index (χ2n) is 7.90. The van der Waals surface area contributed by atoms with Gasteiger partial charge in [-0.1, -0.05) is 36.4 Å². The van der Waals surface area contributed by atoms with Gasteiger partial charge in [-0.2, -0.15) is 0 Å². The van der Waals surface area contributed by atoms with Crippen molar-refractivity contribution in [2.24, 2.45) is 0 Å². The first-order valence-corrected chi connectivity index (χ1v) is 10.7. The molecule has 6 rings (SSSR count). The van der Waals surface area contributed by atoms with E-state index in [1.807, 2.05) is 36.4 Å². The number of amides is 1. The van der Waals surface area contributed by atoms with Crippen LogP contribution in [0.4, 0.5) is 5.69 Å². The fourth-order valence-electron chi connectivity index (χ4n) is 4.41. The Morgan fingerprint density at radius 2 is 1.64 bits per heavy atom. The second-order valence-corrected chi connectivity index (χ2v) is 7.90. The molecule has 33 heavy (non-hydrogen) atoms. The summed E-state index contributed by atoms with van der Waals surface area (Å²) in [4.78, 5) is 26.5. The second kappa shape index (κ2) is 7.70. The minimum absolute atomic E-state index is 0.318. The minimum Gasteiger partial charge on any atom is -0.486 e. The summed E-state index contributed by atoms with van der Waals surface area (Å²) >= 11 is 0. The maximum Gasteiger partial charge on any atom is 0.344 e. The first kappa shape index (κ1) is 19.4. The third-order valence-corrected chi connectivity index (χ3v) is 5.88. The fourth-order valence-corrected chi connectivity index (χ4v) is 4.41. The number of hydrogen-bond donors (Lipinski definition) is 1. The quantitative estimate of drug-likeness (QED) is 0.482. The van der Waals surface area contributed by atoms with Crippen molar-refractivity contribution in [3.63, 3.8) is 0 Å². The van der Waals surface area contributed by atoms with Crippen LogP contribution >= 0.6 is 0 Å². The van der Waals surface area contributed by atoms with Crippen LogP contribution in [-0.4, -0.2) is 25.2 Å². The molecule has 7 nitrogen and oxygen atoms in total. The van der Waals surface area contributed by atoms with Crippen LogP contribution in [0.25, 0.3) is 11.0 Å². The Labute approximate surface area is 188 Å². The summed E-state index contributed by atoms with van der Waals surface area (Å²) in [6, 6.07) is 21.7. The van der Waals surface area contributed by atoms with Gasteiger partial charge in [-0.3, -0.25) is 4.79 Å². The van der Waals surface area contributed by atoms with Crippen molar-refractivity contribution in [1.29, 1.82) is 0 Å². The normalized spacial score (nSPS) is 18.4. The van der Waals surface area contributed by atoms with Gasteiger partial charge >= 0.3 is 5.63 Å². The van der Waals surface area contributed by atoms with Crippen LogP contribution in [0.1, 0.15) is 17.0 Å². The van der Waals surface area contributed by atoms with E-state index < -0.39 is 17.6 Å². The molecule has 2 atom stereocenters. The van der Waals surface area contributed by atoms with Gasteiger partial charge in [-0.25, -0.2) is 4.79 Å². The highest BCUT2D eigenvalue weighted by atomic mass is 16.6. The predicted molar refractivity (Wildman–Crippen MR) is 121 cm³/mol. The first-order valence-electron chi connectivity index (χ1n) is 10.7. The summed E-state index contributed by atoms with van der Waals surface area (Å²) in [6.07, 6.45) is -0.975. The molecule has 3 heterocycles. The summed E-state index contributed by atoms with van der Waals surface area (Å²) < 4.78 is 23.2. The Morgan fingerprint density at radius 3 is 2.48 bits per heavy atom. The standard InChI is InChI=1S/C26H19NO6/c28-25(27-16-6-2-1-3-7-16)24-21(15-10-11-19-20(14-15)31-13-12-30-19)22-23(33-24)17-8-4-5-9-18(17)32-26(22)29/h1-11,14,21,24H,12-13H2,(H,27,28)/t21-,24+/m1/s1. The maximum absolute atomic E-state index is 13.4. The molecule has 2 aliphatic rings. The largest absolute Gasteiger partial charge is 0.486 e. The molecule has 0 radical (unpaired) electrons. The van der Waals surface area contributed by atoms with Crippen molar-refractivity contribution in [1.82, 2.24) is 0 Å². The molecule has 164 valence electrons. The van der Waals surface area contributed by atoms with E-state index >= 15 is 0 Å². The first-order chi connectivity index (χ1) is 16.2. The Morgan fingerprint density at radius 1 is 0.879 bits per heavy atom. The van der Waals surface area contributed by atoms with E-state index in [9.17, 15) is 9.59 Å². The van der Waals surface area contributed by atoms with Gasteiger partial charge in [0.25, 0.3) is 5.91 Å². The molecule has 7 heteroatoms. The van der Waals surface area contributed by atoms with Crippen molar-refractivity contribution in [3.8, 4) is 17.2 Å². The Balaban J connectivity index is 1.49. The van der Waals surface area contributed by atoms with Crippen LogP contribution in [0.3, 0.4) is 0 Å². The third-order valence-electron chi connectivity index (χ3n) is 5.88. The summed E-state index contributed by atoms with van der Waals surface area (Å²) in [5.74, 6) is 0.524. The van der Waals surface area contributed by atoms with Crippen LogP contribution in [0.2, 0.25) is 0 Å². The van der Waals surface area contributed by atoms with Gasteiger partial charge in [0.2, 0.25) is 0 Å². The zero-order valence-electron chi connectivity index (χ0n) is 17.4. The van der Waals surface area contributed by atoms with Crippen LogP contribution in [0, 0.1) is 0 Å². The molecular weight excluding hydrogens is 422 g/mol. The summed E-state index contributed by atoms with van der Waals surface area (Å²) in [5, 5.41) is 3.54. The Kier molecular flexibility index (Phi) is 4.54. The number of benzene rings is 3. The van der Waals surface area contributed by atoms with Crippen molar-refractivity contribution in [3.05, 3.63) is 94.3 Å². The summed E-state index contributed by atoms with van der Waals surface area (Å²) in [6.45, 7) is 0.901. The molecule has 1 N–H and O–H groups in total. The number of ether oxygens (including phenoxy) is 3. The molecular formula is C26H19NO6. The lowest BCUT2D eigenvalue weighted by atomic mass is 9.88. The Hall–Kier alpha value is -4.26. The summed E-state index contributed by atoms with van der Waals surface area (Å²) in [7, 11) is 0. The molecule has 1 amide bonds. The molecule has 4 aromatic rings. The highest BCUT2D eigenvalue weighted by Crippen LogP contribution is 2.46. The molecule has 0 saturated carbocycles. The Bertz CT molecular complexity index is 1430. The monoisotopic (exact) mass is 441 g/mol. The van der Waals surface area contributed by atoms with E-state index in [4.69, 9.17) is 18.6 Å². The van der Waals surface area contributed by atoms with Gasteiger partial charge in [0, 0.05) is 5.69 Å². The number of fused-ring (bicyclic) bond motifs is 4. The van der Waals surface area contributed by atoms with Gasteiger partial charge in [0.1, 0.15) is 24.5 Å². The van der Waals surface area contributed by atoms with Crippen LogP contribution in [0.15, 0.2) is 82.0 Å². The van der Waals surface area contributed by atoms with Gasteiger partial charge in [0.15, 0.2) is 17.6 Å². The number of anilines is 1. The molecule has 0 bridgehead atoms. The molecule has 1 aromatic heterocycles. The zero-order valence-corrected chi connectivity index (χ0v) is 17.4. The third kappa shape index (κ3) is 3.29. The van der Waals surface area contributed by atoms with Crippen LogP contribution in [0.5, 0.6) is 17.2 Å². The van der Waals surface area contributed by atoms with Gasteiger partial charge in [-0.05, 0) is 42.0 Å². The number of para-hydroxylation sites is 2. The molecule has 0 fully saturated rings. The number of rotatable bonds is 3. The van der Waals surface area contributed by atoms with Crippen molar-refractivity contribution < 1.29 is 23.4 Å². The van der Waals surface area contributed by atoms with E-state index in [1.165, 1.54) is 0 Å². The molecule has 3 aromatic carbocycles. The van der Waals surface area contributed by atoms with E-state index in [2.05, 4.69) is 5.32 Å². The SMILES string of the molecule is O=C(Nc1ccccc1)[C@H]1Oc2c(c(=O)oc3ccccc23)[C@H]1c1ccc2c(c1)OCCO2. The van der Waals surface area contributed by atoms with Gasteiger partial charge in [-0.15, -0.1) is 0 Å². The van der Waals surface area contributed by atoms with Crippen molar-refractivity contribution >= 4 is 22.6 Å². The smallest absolute Gasteiger partial charge is 0.344 e. The molecule has 0 saturated heterocycles. The highest BCUT2D eigenvalue weighted by Gasteiger charge is 2.44. The van der Waals surface area contributed by atoms with E-state index in [0.29, 0.717) is 58.2 Å². The topological polar surface area (TPSA) is 87.0 Å². The number of nitrogens with one attached hydrogen (secondary N) is 1. The lowest BCUT2D eigenvalue weighted by Crippen LogP contribution is -2.35. The molecule has 0 unspecified atom stereocenters. The number of carbonyl (C=O) groups excluding carboxylic acids is 1. The number of carbonyl (C=O) groups is 1. The van der Waals surface area contributed by atoms with E-state index in [1.54, 1.807) is 36.4 Å². The zero-order chi connectivity index (χ0) is 22.4. The van der Waals surface area contributed by atoms with Gasteiger partial charge in [0.05, 0.1) is 16.9 Å². The van der Waals surface area contributed by atoms with E-state index in [0.717, 1.165) is 0 Å². The van der Waals surface area contributed by atoms with Crippen LogP contribution in [-0.2, 0) is 4.79 Å². The minimum atomic E-state index is -0.975. The van der Waals surface area contributed by atoms with E-state index in [-0.39, 0.29) is 5.91 Å². The lowest BCUT2D eigenvalue weighted by Gasteiger charge is -2.22. The maximum atomic E-state index is 13.4. The highest BCUT2D eigenvalue weighted by molar-refractivity contribution is 5.97. The summed E-state index contributed by atoms with van der Waals surface area (Å²) in [5.41, 5.74) is 1.54. The number of hydrogen-bond acceptors (Lipinski definition) is 6. The predicted octanol–water partition coefficient (Wildman–Crippen LogP) is 4.10.